The average Bonchev–Trinajstić information content (AvgIpc) is 3.00. The molecule has 0 spiro atoms. The number of ether oxygens (including phenoxy) is 1. The third kappa shape index (κ3) is 3.09. The van der Waals surface area contributed by atoms with Crippen molar-refractivity contribution in [1.82, 2.24) is 10.3 Å². The third-order valence-electron chi connectivity index (χ3n) is 3.85. The molecule has 3 nitrogen and oxygen atoms in total. The van der Waals surface area contributed by atoms with Crippen LogP contribution in [0.5, 0.6) is 5.75 Å². The monoisotopic (exact) mass is 280 g/mol. The molecule has 1 atom stereocenters. The summed E-state index contributed by atoms with van der Waals surface area (Å²) in [6.07, 6.45) is 1.97. The van der Waals surface area contributed by atoms with E-state index >= 15 is 0 Å². The van der Waals surface area contributed by atoms with Crippen LogP contribution in [-0.4, -0.2) is 12.1 Å². The summed E-state index contributed by atoms with van der Waals surface area (Å²) in [5.41, 5.74) is 3.74. The standard InChI is InChI=1S/C18H20N2O/c1-13(15-4-6-17(21-2)7-5-15)20-12-14-3-8-18-16(11-14)9-10-19-18/h3-11,13,19-20H,12H2,1-2H3/t13-/m0/s1. The van der Waals surface area contributed by atoms with Gasteiger partial charge in [-0.05, 0) is 53.8 Å². The molecule has 3 aromatic rings. The van der Waals surface area contributed by atoms with Gasteiger partial charge in [0.2, 0.25) is 0 Å². The largest absolute Gasteiger partial charge is 0.497 e. The summed E-state index contributed by atoms with van der Waals surface area (Å²) in [5.74, 6) is 0.892. The van der Waals surface area contributed by atoms with Crippen LogP contribution in [0, 0.1) is 0 Å². The number of H-pyrrole nitrogens is 1. The molecule has 0 saturated carbocycles. The van der Waals surface area contributed by atoms with Crippen LogP contribution in [-0.2, 0) is 6.54 Å². The average molecular weight is 280 g/mol. The Morgan fingerprint density at radius 2 is 1.90 bits per heavy atom. The molecular weight excluding hydrogens is 260 g/mol. The van der Waals surface area contributed by atoms with E-state index in [9.17, 15) is 0 Å². The van der Waals surface area contributed by atoms with Gasteiger partial charge in [0.05, 0.1) is 7.11 Å². The van der Waals surface area contributed by atoms with Crippen molar-refractivity contribution >= 4 is 10.9 Å². The Balaban J connectivity index is 1.65. The van der Waals surface area contributed by atoms with Crippen LogP contribution in [0.15, 0.2) is 54.7 Å². The van der Waals surface area contributed by atoms with Crippen LogP contribution < -0.4 is 10.1 Å². The highest BCUT2D eigenvalue weighted by Gasteiger charge is 2.05. The summed E-state index contributed by atoms with van der Waals surface area (Å²) in [4.78, 5) is 3.22. The van der Waals surface area contributed by atoms with E-state index in [1.54, 1.807) is 7.11 Å². The maximum Gasteiger partial charge on any atom is 0.118 e. The Labute approximate surface area is 125 Å². The zero-order valence-corrected chi connectivity index (χ0v) is 12.4. The lowest BCUT2D eigenvalue weighted by molar-refractivity contribution is 0.414. The highest BCUT2D eigenvalue weighted by atomic mass is 16.5. The lowest BCUT2D eigenvalue weighted by atomic mass is 10.1. The van der Waals surface area contributed by atoms with Gasteiger partial charge in [0, 0.05) is 24.3 Å². The van der Waals surface area contributed by atoms with Crippen LogP contribution in [0.25, 0.3) is 10.9 Å². The Kier molecular flexibility index (Phi) is 3.93. The van der Waals surface area contributed by atoms with Crippen molar-refractivity contribution in [1.29, 1.82) is 0 Å². The Morgan fingerprint density at radius 1 is 1.10 bits per heavy atom. The molecule has 1 aromatic heterocycles. The summed E-state index contributed by atoms with van der Waals surface area (Å²) in [7, 11) is 1.69. The summed E-state index contributed by atoms with van der Waals surface area (Å²) in [5, 5.41) is 4.81. The molecule has 0 amide bonds. The van der Waals surface area contributed by atoms with E-state index in [1.165, 1.54) is 22.0 Å². The molecule has 2 aromatic carbocycles. The van der Waals surface area contributed by atoms with Gasteiger partial charge < -0.3 is 15.0 Å². The minimum atomic E-state index is 0.304. The second-order valence-corrected chi connectivity index (χ2v) is 5.28. The minimum Gasteiger partial charge on any atom is -0.497 e. The van der Waals surface area contributed by atoms with Gasteiger partial charge in [-0.1, -0.05) is 18.2 Å². The molecule has 2 N–H and O–H groups in total. The maximum absolute atomic E-state index is 5.19. The molecule has 1 heterocycles. The highest BCUT2D eigenvalue weighted by Crippen LogP contribution is 2.19. The van der Waals surface area contributed by atoms with E-state index < -0.39 is 0 Å². The van der Waals surface area contributed by atoms with E-state index in [1.807, 2.05) is 18.3 Å². The number of benzene rings is 2. The molecule has 3 heteroatoms. The van der Waals surface area contributed by atoms with Gasteiger partial charge in [-0.3, -0.25) is 0 Å². The van der Waals surface area contributed by atoms with E-state index in [0.717, 1.165) is 12.3 Å². The van der Waals surface area contributed by atoms with Gasteiger partial charge in [0.15, 0.2) is 0 Å². The van der Waals surface area contributed by atoms with Crippen molar-refractivity contribution in [2.75, 3.05) is 7.11 Å². The fourth-order valence-electron chi connectivity index (χ4n) is 2.49. The Hall–Kier alpha value is -2.26. The van der Waals surface area contributed by atoms with Gasteiger partial charge in [-0.15, -0.1) is 0 Å². The molecule has 0 aliphatic carbocycles. The molecule has 0 aliphatic heterocycles. The van der Waals surface area contributed by atoms with Crippen LogP contribution in [0.3, 0.4) is 0 Å². The van der Waals surface area contributed by atoms with Crippen molar-refractivity contribution in [3.05, 3.63) is 65.9 Å². The second kappa shape index (κ2) is 6.02. The molecule has 0 fully saturated rings. The quantitative estimate of drug-likeness (QED) is 0.740. The maximum atomic E-state index is 5.19. The molecule has 0 aliphatic rings. The van der Waals surface area contributed by atoms with Crippen LogP contribution in [0.4, 0.5) is 0 Å². The molecule has 0 saturated heterocycles. The number of hydrogen-bond donors (Lipinski definition) is 2. The molecule has 0 bridgehead atoms. The van der Waals surface area contributed by atoms with Crippen LogP contribution >= 0.6 is 0 Å². The predicted octanol–water partition coefficient (Wildman–Crippen LogP) is 4.03. The van der Waals surface area contributed by atoms with Crippen LogP contribution in [0.1, 0.15) is 24.1 Å². The lowest BCUT2D eigenvalue weighted by Gasteiger charge is -2.15. The molecule has 108 valence electrons. The van der Waals surface area contributed by atoms with Crippen molar-refractivity contribution in [2.45, 2.75) is 19.5 Å². The molecule has 21 heavy (non-hydrogen) atoms. The third-order valence-corrected chi connectivity index (χ3v) is 3.85. The lowest BCUT2D eigenvalue weighted by Crippen LogP contribution is -2.17. The first kappa shape index (κ1) is 13.7. The van der Waals surface area contributed by atoms with Gasteiger partial charge in [-0.2, -0.15) is 0 Å². The fraction of sp³-hybridized carbons (Fsp3) is 0.222. The summed E-state index contributed by atoms with van der Waals surface area (Å²) < 4.78 is 5.19. The van der Waals surface area contributed by atoms with E-state index in [2.05, 4.69) is 53.6 Å². The number of aromatic amines is 1. The van der Waals surface area contributed by atoms with Crippen LogP contribution in [0.2, 0.25) is 0 Å². The smallest absolute Gasteiger partial charge is 0.118 e. The summed E-state index contributed by atoms with van der Waals surface area (Å²) in [6.45, 7) is 3.03. The first-order chi connectivity index (χ1) is 10.3. The molecule has 0 radical (unpaired) electrons. The predicted molar refractivity (Wildman–Crippen MR) is 86.5 cm³/mol. The SMILES string of the molecule is COc1ccc([C@H](C)NCc2ccc3[nH]ccc3c2)cc1. The Bertz CT molecular complexity index is 715. The first-order valence-corrected chi connectivity index (χ1v) is 7.19. The topological polar surface area (TPSA) is 37.0 Å². The molecule has 3 rings (SSSR count). The zero-order valence-electron chi connectivity index (χ0n) is 12.4. The number of aromatic nitrogens is 1. The normalized spacial score (nSPS) is 12.5. The van der Waals surface area contributed by atoms with E-state index in [-0.39, 0.29) is 0 Å². The highest BCUT2D eigenvalue weighted by molar-refractivity contribution is 5.79. The van der Waals surface area contributed by atoms with Crippen molar-refractivity contribution in [2.24, 2.45) is 0 Å². The van der Waals surface area contributed by atoms with Gasteiger partial charge >= 0.3 is 0 Å². The van der Waals surface area contributed by atoms with Gasteiger partial charge in [-0.25, -0.2) is 0 Å². The van der Waals surface area contributed by atoms with Gasteiger partial charge in [0.1, 0.15) is 5.75 Å². The van der Waals surface area contributed by atoms with E-state index in [0.29, 0.717) is 6.04 Å². The number of hydrogen-bond acceptors (Lipinski definition) is 2. The minimum absolute atomic E-state index is 0.304. The molecule has 0 unspecified atom stereocenters. The summed E-state index contributed by atoms with van der Waals surface area (Å²) >= 11 is 0. The number of methoxy groups -OCH3 is 1. The van der Waals surface area contributed by atoms with Crippen molar-refractivity contribution in [3.63, 3.8) is 0 Å². The molecular formula is C18H20N2O. The second-order valence-electron chi connectivity index (χ2n) is 5.28. The van der Waals surface area contributed by atoms with E-state index in [4.69, 9.17) is 4.74 Å². The zero-order chi connectivity index (χ0) is 14.7. The van der Waals surface area contributed by atoms with Crippen molar-refractivity contribution < 1.29 is 4.74 Å². The first-order valence-electron chi connectivity index (χ1n) is 7.19. The number of nitrogens with one attached hydrogen (secondary N) is 2. The van der Waals surface area contributed by atoms with Gasteiger partial charge in [0.25, 0.3) is 0 Å². The number of rotatable bonds is 5. The number of fused-ring (bicyclic) bond motifs is 1. The summed E-state index contributed by atoms with van der Waals surface area (Å²) in [6, 6.07) is 17.1. The Morgan fingerprint density at radius 3 is 2.67 bits per heavy atom. The fourth-order valence-corrected chi connectivity index (χ4v) is 2.49. The van der Waals surface area contributed by atoms with Crippen molar-refractivity contribution in [3.8, 4) is 5.75 Å².